The third-order valence-electron chi connectivity index (χ3n) is 9.62. The molecule has 0 saturated carbocycles. The summed E-state index contributed by atoms with van der Waals surface area (Å²) in [5, 5.41) is 13.2. The van der Waals surface area contributed by atoms with Gasteiger partial charge >= 0.3 is 5.97 Å². The van der Waals surface area contributed by atoms with Gasteiger partial charge in [-0.2, -0.15) is 0 Å². The van der Waals surface area contributed by atoms with E-state index >= 15 is 0 Å². The summed E-state index contributed by atoms with van der Waals surface area (Å²) in [5.41, 5.74) is -0.667. The van der Waals surface area contributed by atoms with Crippen molar-refractivity contribution in [2.75, 3.05) is 59.2 Å². The summed E-state index contributed by atoms with van der Waals surface area (Å²) in [6, 6.07) is 6.84. The lowest BCUT2D eigenvalue weighted by Gasteiger charge is -2.38. The molecule has 5 heterocycles. The second kappa shape index (κ2) is 13.4. The van der Waals surface area contributed by atoms with Gasteiger partial charge in [0.25, 0.3) is 0 Å². The minimum absolute atomic E-state index is 0.0624. The van der Waals surface area contributed by atoms with Crippen molar-refractivity contribution < 1.29 is 38.5 Å². The summed E-state index contributed by atoms with van der Waals surface area (Å²) in [4.78, 5) is 61.0. The molecule has 1 aromatic carbocycles. The predicted molar refractivity (Wildman–Crippen MR) is 161 cm³/mol. The Morgan fingerprint density at radius 1 is 1.04 bits per heavy atom. The van der Waals surface area contributed by atoms with E-state index in [1.807, 2.05) is 36.4 Å². The van der Waals surface area contributed by atoms with E-state index < -0.39 is 53.5 Å². The van der Waals surface area contributed by atoms with Crippen molar-refractivity contribution in [3.63, 3.8) is 0 Å². The van der Waals surface area contributed by atoms with Gasteiger partial charge in [-0.3, -0.25) is 24.1 Å². The average molecular weight is 623 g/mol. The maximum atomic E-state index is 14.4. The second-order valence-corrected chi connectivity index (χ2v) is 12.4. The zero-order valence-corrected chi connectivity index (χ0v) is 25.6. The first-order valence-corrected chi connectivity index (χ1v) is 15.9. The molecular weight excluding hydrogens is 580 g/mol. The Labute approximate surface area is 262 Å². The van der Waals surface area contributed by atoms with Crippen molar-refractivity contribution in [1.29, 1.82) is 0 Å². The van der Waals surface area contributed by atoms with Crippen molar-refractivity contribution in [1.82, 2.24) is 20.0 Å². The summed E-state index contributed by atoms with van der Waals surface area (Å²) in [7, 11) is 0. The molecule has 5 aliphatic rings. The number of hydrogen-bond donors (Lipinski definition) is 2. The van der Waals surface area contributed by atoms with Crippen LogP contribution in [0, 0.1) is 11.8 Å². The van der Waals surface area contributed by atoms with Crippen LogP contribution in [0.25, 0.3) is 0 Å². The van der Waals surface area contributed by atoms with Crippen LogP contribution in [0.5, 0.6) is 0 Å². The first kappa shape index (κ1) is 31.4. The van der Waals surface area contributed by atoms with Crippen molar-refractivity contribution in [2.45, 2.75) is 49.6 Å². The highest BCUT2D eigenvalue weighted by Gasteiger charge is 2.72. The number of ether oxygens (including phenoxy) is 3. The fraction of sp³-hybridized carbons (Fsp3) is 0.576. The van der Waals surface area contributed by atoms with E-state index in [9.17, 15) is 24.3 Å². The fourth-order valence-corrected chi connectivity index (χ4v) is 7.27. The van der Waals surface area contributed by atoms with Crippen LogP contribution in [0.4, 0.5) is 0 Å². The second-order valence-electron chi connectivity index (χ2n) is 12.4. The number of aliphatic hydroxyl groups excluding tert-OH is 1. The van der Waals surface area contributed by atoms with Crippen LogP contribution in [0.2, 0.25) is 0 Å². The lowest BCUT2D eigenvalue weighted by molar-refractivity contribution is -0.150. The Hall–Kier alpha value is -3.58. The molecule has 5 aliphatic heterocycles. The molecule has 12 heteroatoms. The number of allylic oxidation sites excluding steroid dienone is 1. The number of cyclic esters (lactones) is 1. The highest BCUT2D eigenvalue weighted by atomic mass is 16.5. The zero-order chi connectivity index (χ0) is 31.6. The van der Waals surface area contributed by atoms with Gasteiger partial charge < -0.3 is 34.4 Å². The predicted octanol–water partition coefficient (Wildman–Crippen LogP) is 0.429. The molecule has 0 unspecified atom stereocenters. The van der Waals surface area contributed by atoms with Gasteiger partial charge in [-0.15, -0.1) is 0 Å². The third-order valence-corrected chi connectivity index (χ3v) is 9.62. The number of aliphatic hydroxyl groups is 1. The van der Waals surface area contributed by atoms with Crippen molar-refractivity contribution in [3.8, 4) is 0 Å². The number of carbonyl (C=O) groups excluding carboxylic acids is 4. The van der Waals surface area contributed by atoms with E-state index in [1.165, 1.54) is 4.90 Å². The van der Waals surface area contributed by atoms with Gasteiger partial charge in [-0.05, 0) is 18.9 Å². The molecule has 1 aromatic rings. The summed E-state index contributed by atoms with van der Waals surface area (Å²) >= 11 is 0. The molecule has 0 aromatic heterocycles. The normalized spacial score (nSPS) is 34.0. The number of amides is 3. The van der Waals surface area contributed by atoms with Crippen LogP contribution >= 0.6 is 0 Å². The van der Waals surface area contributed by atoms with Crippen LogP contribution in [0.1, 0.15) is 31.4 Å². The molecule has 0 radical (unpaired) electrons. The number of carbonyl (C=O) groups is 4. The number of esters is 1. The average Bonchev–Trinajstić information content (AvgIpc) is 3.45. The smallest absolute Gasteiger partial charge is 0.306 e. The molecule has 6 rings (SSSR count). The Morgan fingerprint density at radius 2 is 1.82 bits per heavy atom. The molecule has 12 nitrogen and oxygen atoms in total. The summed E-state index contributed by atoms with van der Waals surface area (Å²) in [6.07, 6.45) is 6.85. The van der Waals surface area contributed by atoms with Gasteiger partial charge in [0.05, 0.1) is 49.8 Å². The monoisotopic (exact) mass is 622 g/mol. The lowest BCUT2D eigenvalue weighted by Crippen LogP contribution is -2.58. The number of benzene rings is 1. The number of nitrogens with zero attached hydrogens (tertiary/aromatic N) is 3. The highest BCUT2D eigenvalue weighted by Crippen LogP contribution is 2.53. The summed E-state index contributed by atoms with van der Waals surface area (Å²) in [6.45, 7) is 5.60. The minimum Gasteiger partial charge on any atom is -0.463 e. The van der Waals surface area contributed by atoms with Crippen LogP contribution < -0.4 is 5.32 Å². The van der Waals surface area contributed by atoms with E-state index in [0.717, 1.165) is 18.7 Å². The Morgan fingerprint density at radius 3 is 2.58 bits per heavy atom. The molecule has 3 saturated heterocycles. The largest absolute Gasteiger partial charge is 0.463 e. The minimum atomic E-state index is -1.42. The van der Waals surface area contributed by atoms with Gasteiger partial charge in [0.1, 0.15) is 18.2 Å². The van der Waals surface area contributed by atoms with E-state index in [0.29, 0.717) is 39.3 Å². The molecule has 0 aliphatic carbocycles. The molecule has 2 N–H and O–H groups in total. The number of likely N-dealkylation sites (tertiary alicyclic amines) is 1. The van der Waals surface area contributed by atoms with Crippen molar-refractivity contribution in [2.24, 2.45) is 11.8 Å². The van der Waals surface area contributed by atoms with Crippen LogP contribution in [-0.2, 0) is 33.4 Å². The van der Waals surface area contributed by atoms with Gasteiger partial charge in [0.15, 0.2) is 0 Å². The van der Waals surface area contributed by atoms with Gasteiger partial charge in [-0.1, -0.05) is 54.6 Å². The molecule has 1 spiro atoms. The molecular formula is C33H42N4O8. The SMILES string of the molecule is C[C@H](CO)N1C(=O)[C@@H]2[C@H]3C(=O)N[C@H](c4ccccc4)COC(=O)CC/C=C\[C@H]3O[C@@]23C=CCN(CCN2CCOCC2)C(=O)[C@@H]13. The van der Waals surface area contributed by atoms with E-state index in [2.05, 4.69) is 10.2 Å². The number of hydrogen-bond acceptors (Lipinski definition) is 9. The maximum Gasteiger partial charge on any atom is 0.306 e. The highest BCUT2D eigenvalue weighted by molar-refractivity contribution is 6.00. The van der Waals surface area contributed by atoms with E-state index in [1.54, 1.807) is 30.1 Å². The van der Waals surface area contributed by atoms with Gasteiger partial charge in [-0.25, -0.2) is 0 Å². The number of morpholine rings is 1. The zero-order valence-electron chi connectivity index (χ0n) is 25.6. The lowest BCUT2D eigenvalue weighted by atomic mass is 9.77. The van der Waals surface area contributed by atoms with E-state index in [4.69, 9.17) is 14.2 Å². The summed E-state index contributed by atoms with van der Waals surface area (Å²) in [5.74, 6) is -3.46. The Bertz CT molecular complexity index is 1330. The Kier molecular flexibility index (Phi) is 9.36. The molecule has 242 valence electrons. The van der Waals surface area contributed by atoms with Crippen molar-refractivity contribution in [3.05, 3.63) is 60.2 Å². The molecule has 3 fully saturated rings. The van der Waals surface area contributed by atoms with E-state index in [-0.39, 0.29) is 31.5 Å². The van der Waals surface area contributed by atoms with Crippen LogP contribution in [0.3, 0.4) is 0 Å². The summed E-state index contributed by atoms with van der Waals surface area (Å²) < 4.78 is 17.7. The molecule has 45 heavy (non-hydrogen) atoms. The molecule has 0 bridgehead atoms. The van der Waals surface area contributed by atoms with Gasteiger partial charge in [0, 0.05) is 39.1 Å². The van der Waals surface area contributed by atoms with Crippen LogP contribution in [-0.4, -0.2) is 126 Å². The maximum absolute atomic E-state index is 14.4. The number of rotatable bonds is 6. The standard InChI is InChI=1S/C33H42N4O8/c1-22(20-38)37-29-32(42)36(15-14-35-16-18-43-19-17-35)13-7-12-33(29)28(31(37)41)27-25(45-33)10-5-6-11-26(39)44-21-24(34-30(27)40)23-8-3-2-4-9-23/h2-5,7-10,12,22,24-25,27-29,38H,6,11,13-21H2,1H3,(H,34,40)/b10-5-/t22-,24+,25-,27+,28+,29-,33+/m1/s1. The fourth-order valence-electron chi connectivity index (χ4n) is 7.27. The van der Waals surface area contributed by atoms with Crippen LogP contribution in [0.15, 0.2) is 54.6 Å². The molecule has 3 amide bonds. The van der Waals surface area contributed by atoms with Crippen molar-refractivity contribution >= 4 is 23.7 Å². The van der Waals surface area contributed by atoms with Gasteiger partial charge in [0.2, 0.25) is 17.7 Å². The third kappa shape index (κ3) is 6.04. The first-order valence-electron chi connectivity index (χ1n) is 15.9. The quantitative estimate of drug-likeness (QED) is 0.342. The molecule has 7 atom stereocenters. The topological polar surface area (TPSA) is 138 Å². The number of nitrogens with one attached hydrogen (secondary N) is 1. The number of fused-ring (bicyclic) bond motifs is 2. The Balaban J connectivity index is 1.35. The first-order chi connectivity index (χ1) is 21.8.